The first-order chi connectivity index (χ1) is 12.1. The Bertz CT molecular complexity index is 1110. The molecule has 3 aromatic heterocycles. The van der Waals surface area contributed by atoms with Crippen molar-refractivity contribution < 1.29 is 8.83 Å². The van der Waals surface area contributed by atoms with E-state index in [1.54, 1.807) is 30.0 Å². The molecule has 0 aliphatic carbocycles. The zero-order valence-corrected chi connectivity index (χ0v) is 14.4. The van der Waals surface area contributed by atoms with Crippen molar-refractivity contribution in [3.63, 3.8) is 0 Å². The van der Waals surface area contributed by atoms with Crippen LogP contribution in [-0.4, -0.2) is 19.7 Å². The van der Waals surface area contributed by atoms with E-state index < -0.39 is 0 Å². The van der Waals surface area contributed by atoms with Crippen LogP contribution in [0.1, 0.15) is 11.6 Å². The summed E-state index contributed by atoms with van der Waals surface area (Å²) in [4.78, 5) is 17.0. The molecule has 7 nitrogen and oxygen atoms in total. The Kier molecular flexibility index (Phi) is 3.89. The molecule has 0 aliphatic heterocycles. The van der Waals surface area contributed by atoms with Crippen LogP contribution in [0.15, 0.2) is 55.4 Å². The summed E-state index contributed by atoms with van der Waals surface area (Å²) in [5.74, 6) is 2.23. The molecular weight excluding hydrogens is 340 g/mol. The molecule has 0 aliphatic rings. The van der Waals surface area contributed by atoms with Crippen molar-refractivity contribution in [2.45, 2.75) is 17.9 Å². The monoisotopic (exact) mass is 354 g/mol. The third-order valence-electron chi connectivity index (χ3n) is 3.90. The molecule has 0 saturated heterocycles. The number of hydrogen-bond donors (Lipinski definition) is 0. The SMILES string of the molecule is Cc1occc1-c1nnc(SCc2nc3ccccc3c(=O)n2C)o1. The molecule has 0 unspecified atom stereocenters. The van der Waals surface area contributed by atoms with Crippen LogP contribution in [0.5, 0.6) is 0 Å². The number of thioether (sulfide) groups is 1. The molecule has 0 atom stereocenters. The first-order valence-electron chi connectivity index (χ1n) is 7.59. The average Bonchev–Trinajstić information content (AvgIpc) is 3.25. The van der Waals surface area contributed by atoms with E-state index in [1.165, 1.54) is 11.8 Å². The van der Waals surface area contributed by atoms with Crippen LogP contribution in [0, 0.1) is 6.92 Å². The van der Waals surface area contributed by atoms with Crippen LogP contribution in [0.25, 0.3) is 22.4 Å². The van der Waals surface area contributed by atoms with Crippen molar-refractivity contribution in [2.75, 3.05) is 0 Å². The Balaban J connectivity index is 1.59. The number of hydrogen-bond acceptors (Lipinski definition) is 7. The number of para-hydroxylation sites is 1. The Morgan fingerprint density at radius 3 is 2.84 bits per heavy atom. The zero-order valence-electron chi connectivity index (χ0n) is 13.6. The normalized spacial score (nSPS) is 11.3. The van der Waals surface area contributed by atoms with E-state index >= 15 is 0 Å². The molecule has 8 heteroatoms. The van der Waals surface area contributed by atoms with E-state index in [0.29, 0.717) is 33.6 Å². The lowest BCUT2D eigenvalue weighted by Crippen LogP contribution is -2.21. The lowest BCUT2D eigenvalue weighted by Gasteiger charge is -2.07. The smallest absolute Gasteiger partial charge is 0.277 e. The fourth-order valence-electron chi connectivity index (χ4n) is 2.50. The number of aromatic nitrogens is 4. The zero-order chi connectivity index (χ0) is 17.4. The maximum absolute atomic E-state index is 12.4. The van der Waals surface area contributed by atoms with Gasteiger partial charge in [0.25, 0.3) is 16.7 Å². The van der Waals surface area contributed by atoms with Gasteiger partial charge < -0.3 is 8.83 Å². The van der Waals surface area contributed by atoms with Gasteiger partial charge in [-0.15, -0.1) is 10.2 Å². The van der Waals surface area contributed by atoms with Crippen molar-refractivity contribution in [3.05, 3.63) is 58.5 Å². The van der Waals surface area contributed by atoms with Crippen molar-refractivity contribution in [3.8, 4) is 11.5 Å². The summed E-state index contributed by atoms with van der Waals surface area (Å²) in [5, 5.41) is 9.09. The summed E-state index contributed by atoms with van der Waals surface area (Å²) in [6, 6.07) is 9.09. The third kappa shape index (κ3) is 2.85. The van der Waals surface area contributed by atoms with E-state index in [1.807, 2.05) is 25.1 Å². The lowest BCUT2D eigenvalue weighted by molar-refractivity contribution is 0.463. The van der Waals surface area contributed by atoms with Crippen LogP contribution in [0.2, 0.25) is 0 Å². The molecule has 0 spiro atoms. The standard InChI is InChI=1S/C17H14N4O3S/c1-10-11(7-8-23-10)15-19-20-17(24-15)25-9-14-18-13-6-4-3-5-12(13)16(22)21(14)2/h3-8H,9H2,1-2H3. The van der Waals surface area contributed by atoms with E-state index in [0.717, 1.165) is 11.3 Å². The topological polar surface area (TPSA) is 87.0 Å². The highest BCUT2D eigenvalue weighted by atomic mass is 32.2. The van der Waals surface area contributed by atoms with Crippen LogP contribution < -0.4 is 5.56 Å². The predicted molar refractivity (Wildman–Crippen MR) is 93.3 cm³/mol. The second-order valence-electron chi connectivity index (χ2n) is 5.46. The summed E-state index contributed by atoms with van der Waals surface area (Å²) in [5.41, 5.74) is 1.39. The maximum Gasteiger partial charge on any atom is 0.277 e. The summed E-state index contributed by atoms with van der Waals surface area (Å²) >= 11 is 1.34. The first-order valence-corrected chi connectivity index (χ1v) is 8.57. The Hall–Kier alpha value is -2.87. The number of fused-ring (bicyclic) bond motifs is 1. The van der Waals surface area contributed by atoms with Gasteiger partial charge in [0.15, 0.2) is 0 Å². The maximum atomic E-state index is 12.4. The lowest BCUT2D eigenvalue weighted by atomic mass is 10.2. The van der Waals surface area contributed by atoms with E-state index in [4.69, 9.17) is 8.83 Å². The largest absolute Gasteiger partial charge is 0.469 e. The van der Waals surface area contributed by atoms with Gasteiger partial charge in [-0.25, -0.2) is 4.98 Å². The van der Waals surface area contributed by atoms with Gasteiger partial charge in [-0.3, -0.25) is 9.36 Å². The average molecular weight is 354 g/mol. The van der Waals surface area contributed by atoms with Crippen LogP contribution in [-0.2, 0) is 12.8 Å². The summed E-state index contributed by atoms with van der Waals surface area (Å²) in [6.07, 6.45) is 1.58. The van der Waals surface area contributed by atoms with E-state index in [2.05, 4.69) is 15.2 Å². The molecule has 25 heavy (non-hydrogen) atoms. The predicted octanol–water partition coefficient (Wildman–Crippen LogP) is 3.18. The highest BCUT2D eigenvalue weighted by Gasteiger charge is 2.14. The molecule has 1 aromatic carbocycles. The molecule has 4 rings (SSSR count). The fraction of sp³-hybridized carbons (Fsp3) is 0.176. The van der Waals surface area contributed by atoms with Gasteiger partial charge in [-0.1, -0.05) is 23.9 Å². The molecule has 126 valence electrons. The highest BCUT2D eigenvalue weighted by molar-refractivity contribution is 7.98. The summed E-state index contributed by atoms with van der Waals surface area (Å²) in [6.45, 7) is 1.83. The Morgan fingerprint density at radius 1 is 1.20 bits per heavy atom. The number of furan rings is 1. The van der Waals surface area contributed by atoms with Gasteiger partial charge in [0, 0.05) is 7.05 Å². The second kappa shape index (κ2) is 6.21. The third-order valence-corrected chi connectivity index (χ3v) is 4.71. The van der Waals surface area contributed by atoms with Gasteiger partial charge in [0.2, 0.25) is 0 Å². The fourth-order valence-corrected chi connectivity index (χ4v) is 3.25. The molecule has 0 radical (unpaired) electrons. The molecule has 3 heterocycles. The van der Waals surface area contributed by atoms with Crippen LogP contribution >= 0.6 is 11.8 Å². The van der Waals surface area contributed by atoms with Crippen LogP contribution in [0.4, 0.5) is 0 Å². The molecule has 4 aromatic rings. The highest BCUT2D eigenvalue weighted by Crippen LogP contribution is 2.27. The minimum Gasteiger partial charge on any atom is -0.469 e. The van der Waals surface area contributed by atoms with Gasteiger partial charge >= 0.3 is 0 Å². The minimum atomic E-state index is -0.0681. The molecule has 0 bridgehead atoms. The van der Waals surface area contributed by atoms with Crippen LogP contribution in [0.3, 0.4) is 0 Å². The quantitative estimate of drug-likeness (QED) is 0.520. The number of benzene rings is 1. The van der Waals surface area contributed by atoms with Gasteiger partial charge in [0.05, 0.1) is 28.5 Å². The van der Waals surface area contributed by atoms with Crippen molar-refractivity contribution in [1.82, 2.24) is 19.7 Å². The van der Waals surface area contributed by atoms with Gasteiger partial charge in [0.1, 0.15) is 11.6 Å². The number of rotatable bonds is 4. The minimum absolute atomic E-state index is 0.0681. The number of nitrogens with zero attached hydrogens (tertiary/aromatic N) is 4. The van der Waals surface area contributed by atoms with Crippen molar-refractivity contribution in [2.24, 2.45) is 7.05 Å². The molecular formula is C17H14N4O3S. The second-order valence-corrected chi connectivity index (χ2v) is 6.39. The summed E-state index contributed by atoms with van der Waals surface area (Å²) in [7, 11) is 1.71. The van der Waals surface area contributed by atoms with Crippen molar-refractivity contribution in [1.29, 1.82) is 0 Å². The Morgan fingerprint density at radius 2 is 2.04 bits per heavy atom. The van der Waals surface area contributed by atoms with Crippen molar-refractivity contribution >= 4 is 22.7 Å². The summed E-state index contributed by atoms with van der Waals surface area (Å²) < 4.78 is 12.4. The molecule has 0 saturated carbocycles. The molecule has 0 N–H and O–H groups in total. The van der Waals surface area contributed by atoms with Gasteiger partial charge in [-0.05, 0) is 25.1 Å². The van der Waals surface area contributed by atoms with Gasteiger partial charge in [-0.2, -0.15) is 0 Å². The number of aryl methyl sites for hydroxylation is 1. The van der Waals surface area contributed by atoms with E-state index in [-0.39, 0.29) is 5.56 Å². The molecule has 0 fully saturated rings. The Labute approximate surface area is 146 Å². The molecule has 0 amide bonds. The first kappa shape index (κ1) is 15.6. The van der Waals surface area contributed by atoms with E-state index in [9.17, 15) is 4.79 Å².